The van der Waals surface area contributed by atoms with Crippen molar-refractivity contribution in [3.63, 3.8) is 0 Å². The number of benzene rings is 3. The van der Waals surface area contributed by atoms with Gasteiger partial charge in [-0.1, -0.05) is 29.8 Å². The lowest BCUT2D eigenvalue weighted by Crippen LogP contribution is -2.22. The zero-order valence-corrected chi connectivity index (χ0v) is 21.8. The lowest BCUT2D eigenvalue weighted by atomic mass is 10.00. The van der Waals surface area contributed by atoms with Gasteiger partial charge in [0.15, 0.2) is 0 Å². The molecule has 3 N–H and O–H groups in total. The van der Waals surface area contributed by atoms with Crippen LogP contribution in [0.1, 0.15) is 16.7 Å². The van der Waals surface area contributed by atoms with Crippen LogP contribution < -0.4 is 25.1 Å². The standard InChI is InChI=1S/C24H28N6O6S/c1-16-6-10-19(11-7-16)37(35,36)26-25-24(17-8-12-20(27(2)3)22(14-17)29(31)32)18-9-13-21(28(4)5)23(15-18)30(33)34/h6-15,26,31-32H,1-5H3/q-2. The van der Waals surface area contributed by atoms with Crippen LogP contribution in [0.15, 0.2) is 70.7 Å². The van der Waals surface area contributed by atoms with E-state index in [1.807, 2.05) is 6.92 Å². The summed E-state index contributed by atoms with van der Waals surface area (Å²) in [5.41, 5.74) is 1.96. The summed E-state index contributed by atoms with van der Waals surface area (Å²) >= 11 is 0. The van der Waals surface area contributed by atoms with Crippen molar-refractivity contribution >= 4 is 38.5 Å². The van der Waals surface area contributed by atoms with E-state index in [9.17, 15) is 29.2 Å². The van der Waals surface area contributed by atoms with Gasteiger partial charge < -0.3 is 25.4 Å². The van der Waals surface area contributed by atoms with Crippen LogP contribution in [-0.4, -0.2) is 52.7 Å². The summed E-state index contributed by atoms with van der Waals surface area (Å²) in [7, 11) is 2.65. The first kappa shape index (κ1) is 27.7. The van der Waals surface area contributed by atoms with E-state index in [-0.39, 0.29) is 38.3 Å². The Morgan fingerprint density at radius 1 is 0.784 bits per heavy atom. The molecule has 3 aromatic rings. The van der Waals surface area contributed by atoms with Crippen LogP contribution >= 0.6 is 0 Å². The number of hydrogen-bond acceptors (Lipinski definition) is 11. The second-order valence-electron chi connectivity index (χ2n) is 8.61. The van der Waals surface area contributed by atoms with Gasteiger partial charge in [0.1, 0.15) is 5.69 Å². The second kappa shape index (κ2) is 11.0. The average Bonchev–Trinajstić information content (AvgIpc) is 2.83. The maximum Gasteiger partial charge on any atom is 0.276 e. The maximum absolute atomic E-state index is 12.9. The Hall–Kier alpha value is -3.88. The van der Waals surface area contributed by atoms with E-state index in [1.165, 1.54) is 30.3 Å². The van der Waals surface area contributed by atoms with Gasteiger partial charge in [-0.05, 0) is 43.3 Å². The molecule has 0 heterocycles. The van der Waals surface area contributed by atoms with Crippen molar-refractivity contribution in [2.24, 2.45) is 5.10 Å². The molecule has 37 heavy (non-hydrogen) atoms. The predicted molar refractivity (Wildman–Crippen MR) is 144 cm³/mol. The van der Waals surface area contributed by atoms with E-state index in [4.69, 9.17) is 0 Å². The van der Waals surface area contributed by atoms with Crippen molar-refractivity contribution in [1.82, 2.24) is 4.83 Å². The van der Waals surface area contributed by atoms with Gasteiger partial charge >= 0.3 is 0 Å². The fourth-order valence-electron chi connectivity index (χ4n) is 3.58. The molecule has 0 aliphatic carbocycles. The molecule has 0 fully saturated rings. The Morgan fingerprint density at radius 3 is 1.73 bits per heavy atom. The summed E-state index contributed by atoms with van der Waals surface area (Å²) in [5.74, 6) is 0. The van der Waals surface area contributed by atoms with Gasteiger partial charge in [-0.25, -0.2) is 0 Å². The van der Waals surface area contributed by atoms with Crippen LogP contribution in [-0.2, 0) is 10.0 Å². The maximum atomic E-state index is 12.9. The average molecular weight is 529 g/mol. The van der Waals surface area contributed by atoms with Gasteiger partial charge in [-0.3, -0.25) is 10.4 Å². The summed E-state index contributed by atoms with van der Waals surface area (Å²) in [4.78, 5) is 5.40. The minimum Gasteiger partial charge on any atom is -0.769 e. The molecule has 3 aromatic carbocycles. The molecule has 0 aromatic heterocycles. The molecule has 3 rings (SSSR count). The minimum atomic E-state index is -4.08. The third kappa shape index (κ3) is 6.28. The highest BCUT2D eigenvalue weighted by molar-refractivity contribution is 7.89. The van der Waals surface area contributed by atoms with Gasteiger partial charge in [-0.15, -0.1) is 5.23 Å². The number of rotatable bonds is 9. The summed E-state index contributed by atoms with van der Waals surface area (Å²) in [5, 5.41) is 46.7. The summed E-state index contributed by atoms with van der Waals surface area (Å²) in [6.07, 6.45) is 0. The molecule has 0 amide bonds. The van der Waals surface area contributed by atoms with Crippen LogP contribution in [0.5, 0.6) is 0 Å². The highest BCUT2D eigenvalue weighted by atomic mass is 32.2. The molecule has 13 heteroatoms. The van der Waals surface area contributed by atoms with E-state index in [1.54, 1.807) is 68.3 Å². The molecular formula is C24H28N6O6S-2. The van der Waals surface area contributed by atoms with Crippen LogP contribution in [0.3, 0.4) is 0 Å². The van der Waals surface area contributed by atoms with Crippen LogP contribution in [0, 0.1) is 17.3 Å². The molecule has 0 bridgehead atoms. The predicted octanol–water partition coefficient (Wildman–Crippen LogP) is 3.24. The smallest absolute Gasteiger partial charge is 0.276 e. The van der Waals surface area contributed by atoms with E-state index >= 15 is 0 Å². The van der Waals surface area contributed by atoms with E-state index < -0.39 is 15.2 Å². The lowest BCUT2D eigenvalue weighted by Gasteiger charge is -2.40. The number of nitrogens with zero attached hydrogens (tertiary/aromatic N) is 5. The Balaban J connectivity index is 2.21. The Bertz CT molecular complexity index is 1320. The highest BCUT2D eigenvalue weighted by Crippen LogP contribution is 2.32. The fourth-order valence-corrected chi connectivity index (χ4v) is 4.39. The zero-order valence-electron chi connectivity index (χ0n) is 20.9. The summed E-state index contributed by atoms with van der Waals surface area (Å²) in [6.45, 7) is 1.82. The summed E-state index contributed by atoms with van der Waals surface area (Å²) < 4.78 is 25.8. The van der Waals surface area contributed by atoms with Crippen LogP contribution in [0.2, 0.25) is 0 Å². The van der Waals surface area contributed by atoms with Crippen LogP contribution in [0.4, 0.5) is 22.7 Å². The van der Waals surface area contributed by atoms with Crippen molar-refractivity contribution in [2.75, 3.05) is 48.4 Å². The summed E-state index contributed by atoms with van der Waals surface area (Å²) in [6, 6.07) is 15.1. The third-order valence-electron chi connectivity index (χ3n) is 5.48. The molecular weight excluding hydrogens is 500 g/mol. The Labute approximate surface area is 215 Å². The number of nitrogens with one attached hydrogen (secondary N) is 1. The molecule has 12 nitrogen and oxygen atoms in total. The molecule has 0 unspecified atom stereocenters. The second-order valence-corrected chi connectivity index (χ2v) is 10.3. The van der Waals surface area contributed by atoms with E-state index in [2.05, 4.69) is 9.93 Å². The molecule has 0 saturated heterocycles. The third-order valence-corrected chi connectivity index (χ3v) is 6.71. The number of sulfonamides is 1. The van der Waals surface area contributed by atoms with Gasteiger partial charge in [-0.2, -0.15) is 18.4 Å². The normalized spacial score (nSPS) is 11.8. The lowest BCUT2D eigenvalue weighted by molar-refractivity contribution is 0.0294. The van der Waals surface area contributed by atoms with Gasteiger partial charge in [0.2, 0.25) is 0 Å². The largest absolute Gasteiger partial charge is 0.769 e. The Morgan fingerprint density at radius 2 is 1.27 bits per heavy atom. The molecule has 0 radical (unpaired) electrons. The number of hydrogen-bond donors (Lipinski definition) is 3. The highest BCUT2D eigenvalue weighted by Gasteiger charge is 2.19. The van der Waals surface area contributed by atoms with Crippen molar-refractivity contribution in [2.45, 2.75) is 11.8 Å². The topological polar surface area (TPSA) is 158 Å². The molecule has 0 spiro atoms. The SMILES string of the molecule is Cc1ccc(S(=O)(=O)NN=C(c2ccc(N(C)C)c(N([O-])[O-])c2)c2ccc(N(C)C)c(N(O)O)c2)cc1. The molecule has 198 valence electrons. The first-order valence-corrected chi connectivity index (χ1v) is 12.4. The number of aryl methyl sites for hydroxylation is 1. The number of anilines is 4. The first-order valence-electron chi connectivity index (χ1n) is 10.9. The number of hydrazone groups is 1. The quantitative estimate of drug-likeness (QED) is 0.278. The molecule has 0 saturated carbocycles. The minimum absolute atomic E-state index is 0.0176. The fraction of sp³-hybridized carbons (Fsp3) is 0.208. The van der Waals surface area contributed by atoms with Crippen molar-refractivity contribution in [3.8, 4) is 0 Å². The van der Waals surface area contributed by atoms with E-state index in [0.717, 1.165) is 5.56 Å². The molecule has 0 aliphatic heterocycles. The zero-order chi connectivity index (χ0) is 27.5. The Kier molecular flexibility index (Phi) is 8.25. The monoisotopic (exact) mass is 528 g/mol. The van der Waals surface area contributed by atoms with Gasteiger partial charge in [0.05, 0.1) is 22.0 Å². The van der Waals surface area contributed by atoms with Crippen LogP contribution in [0.25, 0.3) is 0 Å². The molecule has 0 atom stereocenters. The first-order chi connectivity index (χ1) is 17.3. The van der Waals surface area contributed by atoms with E-state index in [0.29, 0.717) is 11.4 Å². The van der Waals surface area contributed by atoms with Gasteiger partial charge in [0.25, 0.3) is 10.0 Å². The molecule has 0 aliphatic rings. The van der Waals surface area contributed by atoms with Crippen molar-refractivity contribution in [3.05, 3.63) is 87.8 Å². The van der Waals surface area contributed by atoms with Crippen molar-refractivity contribution in [1.29, 1.82) is 0 Å². The van der Waals surface area contributed by atoms with Crippen molar-refractivity contribution < 1.29 is 18.8 Å². The van der Waals surface area contributed by atoms with Gasteiger partial charge in [0, 0.05) is 45.0 Å².